The zero-order valence-electron chi connectivity index (χ0n) is 10.6. The van der Waals surface area contributed by atoms with Crippen molar-refractivity contribution >= 4 is 11.8 Å². The SMILES string of the molecule is CC#C/C(=N\OC[C@H]1NC(=O)O[C@H]1C)C(C)C. The van der Waals surface area contributed by atoms with Gasteiger partial charge in [0.15, 0.2) is 0 Å². The van der Waals surface area contributed by atoms with Gasteiger partial charge < -0.3 is 14.9 Å². The highest BCUT2D eigenvalue weighted by molar-refractivity contribution is 6.01. The van der Waals surface area contributed by atoms with Crippen molar-refractivity contribution in [2.75, 3.05) is 6.61 Å². The summed E-state index contributed by atoms with van der Waals surface area (Å²) in [6, 6.07) is -0.158. The molecule has 0 spiro atoms. The van der Waals surface area contributed by atoms with Crippen molar-refractivity contribution in [3.63, 3.8) is 0 Å². The largest absolute Gasteiger partial charge is 0.444 e. The van der Waals surface area contributed by atoms with Gasteiger partial charge in [0.1, 0.15) is 24.5 Å². The zero-order chi connectivity index (χ0) is 12.8. The molecule has 0 unspecified atom stereocenters. The maximum absolute atomic E-state index is 10.9. The lowest BCUT2D eigenvalue weighted by Gasteiger charge is -2.11. The summed E-state index contributed by atoms with van der Waals surface area (Å²) in [5.41, 5.74) is 0.699. The minimum Gasteiger partial charge on any atom is -0.444 e. The molecule has 0 aromatic heterocycles. The number of rotatable bonds is 4. The van der Waals surface area contributed by atoms with Crippen LogP contribution in [0.1, 0.15) is 27.7 Å². The van der Waals surface area contributed by atoms with Crippen LogP contribution in [0.4, 0.5) is 4.79 Å². The quantitative estimate of drug-likeness (QED) is 0.459. The van der Waals surface area contributed by atoms with E-state index in [1.54, 1.807) is 6.92 Å². The number of hydrogen-bond acceptors (Lipinski definition) is 4. The van der Waals surface area contributed by atoms with Crippen LogP contribution < -0.4 is 5.32 Å². The fourth-order valence-electron chi connectivity index (χ4n) is 1.32. The van der Waals surface area contributed by atoms with E-state index in [2.05, 4.69) is 22.3 Å². The van der Waals surface area contributed by atoms with E-state index in [9.17, 15) is 4.79 Å². The topological polar surface area (TPSA) is 59.9 Å². The average molecular weight is 238 g/mol. The highest BCUT2D eigenvalue weighted by Gasteiger charge is 2.30. The molecule has 0 saturated carbocycles. The number of hydrogen-bond donors (Lipinski definition) is 1. The zero-order valence-corrected chi connectivity index (χ0v) is 10.6. The second kappa shape index (κ2) is 6.14. The van der Waals surface area contributed by atoms with Crippen molar-refractivity contribution in [1.29, 1.82) is 0 Å². The number of amides is 1. The first-order valence-corrected chi connectivity index (χ1v) is 5.64. The molecule has 1 heterocycles. The van der Waals surface area contributed by atoms with Crippen LogP contribution in [-0.2, 0) is 9.57 Å². The Balaban J connectivity index is 2.47. The minimum absolute atomic E-state index is 0.158. The Morgan fingerprint density at radius 2 is 2.35 bits per heavy atom. The molecule has 0 aliphatic carbocycles. The second-order valence-corrected chi connectivity index (χ2v) is 4.16. The van der Waals surface area contributed by atoms with E-state index >= 15 is 0 Å². The Kier molecular flexibility index (Phi) is 4.83. The van der Waals surface area contributed by atoms with Gasteiger partial charge in [0.05, 0.1) is 0 Å². The highest BCUT2D eigenvalue weighted by Crippen LogP contribution is 2.08. The third-order valence-electron chi connectivity index (χ3n) is 2.38. The molecule has 0 aromatic carbocycles. The first-order valence-electron chi connectivity index (χ1n) is 5.64. The lowest BCUT2D eigenvalue weighted by Crippen LogP contribution is -2.34. The molecule has 1 fully saturated rings. The van der Waals surface area contributed by atoms with Crippen molar-refractivity contribution in [3.05, 3.63) is 0 Å². The number of carbonyl (C=O) groups excluding carboxylic acids is 1. The van der Waals surface area contributed by atoms with Crippen LogP contribution in [0.5, 0.6) is 0 Å². The standard InChI is InChI=1S/C12H18N2O3/c1-5-6-10(8(2)3)14-16-7-11-9(4)17-12(15)13-11/h8-9,11H,7H2,1-4H3,(H,13,15)/b14-10+/t9-,11+/m0/s1. The Hall–Kier alpha value is -1.70. The molecule has 1 saturated heterocycles. The molecule has 1 N–H and O–H groups in total. The number of alkyl carbamates (subject to hydrolysis) is 1. The fraction of sp³-hybridized carbons (Fsp3) is 0.667. The van der Waals surface area contributed by atoms with E-state index in [0.717, 1.165) is 0 Å². The van der Waals surface area contributed by atoms with E-state index in [1.165, 1.54) is 0 Å². The maximum atomic E-state index is 10.9. The van der Waals surface area contributed by atoms with Crippen molar-refractivity contribution < 1.29 is 14.4 Å². The number of oxime groups is 1. The molecule has 0 radical (unpaired) electrons. The second-order valence-electron chi connectivity index (χ2n) is 4.16. The van der Waals surface area contributed by atoms with E-state index in [1.807, 2.05) is 20.8 Å². The summed E-state index contributed by atoms with van der Waals surface area (Å²) in [5.74, 6) is 5.89. The molecular formula is C12H18N2O3. The lowest BCUT2D eigenvalue weighted by molar-refractivity contribution is 0.0909. The normalized spacial score (nSPS) is 23.8. The molecule has 1 amide bonds. The Labute approximate surface area is 102 Å². The van der Waals surface area contributed by atoms with Crippen molar-refractivity contribution in [2.45, 2.75) is 39.8 Å². The van der Waals surface area contributed by atoms with Gasteiger partial charge in [0, 0.05) is 5.92 Å². The van der Waals surface area contributed by atoms with E-state index < -0.39 is 6.09 Å². The van der Waals surface area contributed by atoms with E-state index in [-0.39, 0.29) is 24.7 Å². The van der Waals surface area contributed by atoms with Crippen LogP contribution in [-0.4, -0.2) is 30.6 Å². The minimum atomic E-state index is -0.410. The molecule has 5 heteroatoms. The summed E-state index contributed by atoms with van der Waals surface area (Å²) in [6.45, 7) is 7.84. The predicted octanol–water partition coefficient (Wildman–Crippen LogP) is 1.54. The average Bonchev–Trinajstić information content (AvgIpc) is 2.56. The smallest absolute Gasteiger partial charge is 0.407 e. The molecule has 2 atom stereocenters. The predicted molar refractivity (Wildman–Crippen MR) is 64.5 cm³/mol. The Morgan fingerprint density at radius 1 is 1.65 bits per heavy atom. The molecule has 17 heavy (non-hydrogen) atoms. The van der Waals surface area contributed by atoms with Crippen LogP contribution >= 0.6 is 0 Å². The van der Waals surface area contributed by atoms with Gasteiger partial charge in [-0.3, -0.25) is 0 Å². The number of cyclic esters (lactones) is 1. The van der Waals surface area contributed by atoms with Gasteiger partial charge in [-0.2, -0.15) is 0 Å². The number of ether oxygens (including phenoxy) is 1. The first-order chi connectivity index (χ1) is 8.04. The van der Waals surface area contributed by atoms with Crippen LogP contribution in [0.2, 0.25) is 0 Å². The van der Waals surface area contributed by atoms with Crippen LogP contribution in [0.15, 0.2) is 5.16 Å². The Morgan fingerprint density at radius 3 is 2.82 bits per heavy atom. The molecule has 0 bridgehead atoms. The summed E-state index contributed by atoms with van der Waals surface area (Å²) in [5, 5.41) is 6.62. The molecule has 1 aliphatic heterocycles. The molecule has 1 aliphatic rings. The summed E-state index contributed by atoms with van der Waals surface area (Å²) < 4.78 is 4.92. The van der Waals surface area contributed by atoms with Crippen molar-refractivity contribution in [2.24, 2.45) is 11.1 Å². The van der Waals surface area contributed by atoms with Crippen LogP contribution in [0.3, 0.4) is 0 Å². The molecule has 5 nitrogen and oxygen atoms in total. The van der Waals surface area contributed by atoms with Gasteiger partial charge in [0.25, 0.3) is 0 Å². The van der Waals surface area contributed by atoms with Crippen molar-refractivity contribution in [3.8, 4) is 11.8 Å². The van der Waals surface area contributed by atoms with Gasteiger partial charge in [-0.15, -0.1) is 0 Å². The summed E-state index contributed by atoms with van der Waals surface area (Å²) >= 11 is 0. The number of carbonyl (C=O) groups is 1. The fourth-order valence-corrected chi connectivity index (χ4v) is 1.32. The van der Waals surface area contributed by atoms with Gasteiger partial charge in [-0.05, 0) is 19.8 Å². The van der Waals surface area contributed by atoms with Gasteiger partial charge in [-0.1, -0.05) is 24.9 Å². The van der Waals surface area contributed by atoms with E-state index in [4.69, 9.17) is 9.57 Å². The van der Waals surface area contributed by atoms with Crippen LogP contribution in [0.25, 0.3) is 0 Å². The lowest BCUT2D eigenvalue weighted by atomic mass is 10.1. The molecular weight excluding hydrogens is 220 g/mol. The third kappa shape index (κ3) is 3.99. The summed E-state index contributed by atoms with van der Waals surface area (Å²) in [4.78, 5) is 16.1. The van der Waals surface area contributed by atoms with Crippen LogP contribution in [0, 0.1) is 17.8 Å². The molecule has 1 rings (SSSR count). The van der Waals surface area contributed by atoms with Gasteiger partial charge >= 0.3 is 6.09 Å². The first kappa shape index (κ1) is 13.4. The highest BCUT2D eigenvalue weighted by atomic mass is 16.6. The van der Waals surface area contributed by atoms with Gasteiger partial charge in [0.2, 0.25) is 0 Å². The summed E-state index contributed by atoms with van der Waals surface area (Å²) in [7, 11) is 0. The Bertz CT molecular complexity index is 366. The number of nitrogens with one attached hydrogen (secondary N) is 1. The third-order valence-corrected chi connectivity index (χ3v) is 2.38. The summed E-state index contributed by atoms with van der Waals surface area (Å²) in [6.07, 6.45) is -0.607. The van der Waals surface area contributed by atoms with Crippen molar-refractivity contribution in [1.82, 2.24) is 5.32 Å². The van der Waals surface area contributed by atoms with Gasteiger partial charge in [-0.25, -0.2) is 4.79 Å². The number of nitrogens with zero attached hydrogens (tertiary/aromatic N) is 1. The monoisotopic (exact) mass is 238 g/mol. The van der Waals surface area contributed by atoms with E-state index in [0.29, 0.717) is 5.71 Å². The molecule has 0 aromatic rings. The molecule has 94 valence electrons. The maximum Gasteiger partial charge on any atom is 0.407 e.